The summed E-state index contributed by atoms with van der Waals surface area (Å²) in [5.41, 5.74) is 2.55. The smallest absolute Gasteiger partial charge is 0.159 e. The van der Waals surface area contributed by atoms with E-state index in [4.69, 9.17) is 4.74 Å². The number of hydrogen-bond donors (Lipinski definition) is 1. The van der Waals surface area contributed by atoms with Crippen LogP contribution in [0.15, 0.2) is 30.3 Å². The van der Waals surface area contributed by atoms with Gasteiger partial charge in [0.1, 0.15) is 11.9 Å². The highest BCUT2D eigenvalue weighted by atomic mass is 19.2. The lowest BCUT2D eigenvalue weighted by Crippen LogP contribution is -2.42. The third-order valence-electron chi connectivity index (χ3n) is 6.01. The molecule has 0 spiro atoms. The van der Waals surface area contributed by atoms with Crippen LogP contribution in [0.25, 0.3) is 0 Å². The maximum Gasteiger partial charge on any atom is 0.159 e. The minimum Gasteiger partial charge on any atom is -0.486 e. The lowest BCUT2D eigenvalue weighted by atomic mass is 9.78. The molecule has 1 saturated carbocycles. The van der Waals surface area contributed by atoms with E-state index in [2.05, 4.69) is 9.88 Å². The van der Waals surface area contributed by atoms with Crippen molar-refractivity contribution in [3.8, 4) is 5.75 Å². The average molecular weight is 388 g/mol. The van der Waals surface area contributed by atoms with E-state index in [1.54, 1.807) is 6.07 Å². The molecule has 1 aliphatic heterocycles. The standard InChI is InChI=1S/C22H26F2N2O2/c1-13-3-6-21(14(2)25-13)28-22-9-17-12-26(11-16(17)8-20(22)27)10-15-4-5-18(23)19(24)7-15/h3-7,16-17,20,22,27H,8-12H2,1-2H3/t16-,17+,20+,22+/m0/s1. The van der Waals surface area contributed by atoms with Crippen LogP contribution in [0, 0.1) is 37.3 Å². The summed E-state index contributed by atoms with van der Waals surface area (Å²) in [5.74, 6) is -0.0672. The van der Waals surface area contributed by atoms with Crippen LogP contribution in [0.5, 0.6) is 5.75 Å². The summed E-state index contributed by atoms with van der Waals surface area (Å²) in [5, 5.41) is 10.6. The topological polar surface area (TPSA) is 45.6 Å². The molecule has 1 aromatic carbocycles. The van der Waals surface area contributed by atoms with Crippen molar-refractivity contribution >= 4 is 0 Å². The van der Waals surface area contributed by atoms with E-state index in [1.165, 1.54) is 12.1 Å². The van der Waals surface area contributed by atoms with Crippen LogP contribution in [0.4, 0.5) is 8.78 Å². The third kappa shape index (κ3) is 4.03. The zero-order chi connectivity index (χ0) is 19.8. The van der Waals surface area contributed by atoms with Gasteiger partial charge in [-0.1, -0.05) is 6.07 Å². The number of likely N-dealkylation sites (tertiary alicyclic amines) is 1. The molecule has 0 bridgehead atoms. The highest BCUT2D eigenvalue weighted by Gasteiger charge is 2.42. The number of halogens is 2. The van der Waals surface area contributed by atoms with Gasteiger partial charge in [0.05, 0.1) is 11.8 Å². The van der Waals surface area contributed by atoms with Crippen LogP contribution in [0.3, 0.4) is 0 Å². The zero-order valence-corrected chi connectivity index (χ0v) is 16.2. The fourth-order valence-corrected chi connectivity index (χ4v) is 4.60. The van der Waals surface area contributed by atoms with Crippen molar-refractivity contribution < 1.29 is 18.6 Å². The quantitative estimate of drug-likeness (QED) is 0.869. The maximum absolute atomic E-state index is 13.5. The first-order chi connectivity index (χ1) is 13.4. The second kappa shape index (κ2) is 7.76. The predicted octanol–water partition coefficient (Wildman–Crippen LogP) is 3.63. The first-order valence-electron chi connectivity index (χ1n) is 9.84. The van der Waals surface area contributed by atoms with Crippen LogP contribution >= 0.6 is 0 Å². The maximum atomic E-state index is 13.5. The van der Waals surface area contributed by atoms with Crippen molar-refractivity contribution in [1.29, 1.82) is 0 Å². The highest BCUT2D eigenvalue weighted by Crippen LogP contribution is 2.38. The molecule has 6 heteroatoms. The molecule has 0 unspecified atom stereocenters. The summed E-state index contributed by atoms with van der Waals surface area (Å²) in [4.78, 5) is 6.69. The molecular weight excluding hydrogens is 362 g/mol. The summed E-state index contributed by atoms with van der Waals surface area (Å²) >= 11 is 0. The Morgan fingerprint density at radius 3 is 2.54 bits per heavy atom. The summed E-state index contributed by atoms with van der Waals surface area (Å²) in [7, 11) is 0. The Kier molecular flexibility index (Phi) is 5.34. The highest BCUT2D eigenvalue weighted by molar-refractivity contribution is 5.28. The van der Waals surface area contributed by atoms with Gasteiger partial charge in [-0.3, -0.25) is 9.88 Å². The van der Waals surface area contributed by atoms with E-state index in [9.17, 15) is 13.9 Å². The van der Waals surface area contributed by atoms with Gasteiger partial charge in [-0.05, 0) is 68.4 Å². The molecule has 4 atom stereocenters. The molecule has 2 aliphatic rings. The molecule has 2 heterocycles. The van der Waals surface area contributed by atoms with E-state index in [1.807, 2.05) is 26.0 Å². The number of fused-ring (bicyclic) bond motifs is 1. The van der Waals surface area contributed by atoms with Crippen LogP contribution in [0.2, 0.25) is 0 Å². The fraction of sp³-hybridized carbons (Fsp3) is 0.500. The number of nitrogens with zero attached hydrogens (tertiary/aromatic N) is 2. The molecule has 2 aromatic rings. The predicted molar refractivity (Wildman–Crippen MR) is 102 cm³/mol. The van der Waals surface area contributed by atoms with Crippen LogP contribution < -0.4 is 4.74 Å². The number of aromatic nitrogens is 1. The molecule has 28 heavy (non-hydrogen) atoms. The van der Waals surface area contributed by atoms with Crippen LogP contribution in [-0.2, 0) is 6.54 Å². The largest absolute Gasteiger partial charge is 0.486 e. The van der Waals surface area contributed by atoms with Gasteiger partial charge in [-0.15, -0.1) is 0 Å². The third-order valence-corrected chi connectivity index (χ3v) is 6.01. The van der Waals surface area contributed by atoms with Crippen LogP contribution in [0.1, 0.15) is 29.8 Å². The fourth-order valence-electron chi connectivity index (χ4n) is 4.60. The first-order valence-corrected chi connectivity index (χ1v) is 9.84. The van der Waals surface area contributed by atoms with E-state index in [-0.39, 0.29) is 6.10 Å². The lowest BCUT2D eigenvalue weighted by molar-refractivity contribution is -0.0236. The Labute approximate surface area is 164 Å². The summed E-state index contributed by atoms with van der Waals surface area (Å²) in [6, 6.07) is 7.92. The molecule has 1 saturated heterocycles. The van der Waals surface area contributed by atoms with Gasteiger partial charge in [-0.2, -0.15) is 0 Å². The SMILES string of the molecule is Cc1ccc(O[C@@H]2C[C@@H]3CN(Cc4ccc(F)c(F)c4)C[C@@H]3C[C@H]2O)c(C)n1. The minimum atomic E-state index is -0.817. The van der Waals surface area contributed by atoms with Crippen molar-refractivity contribution in [2.24, 2.45) is 11.8 Å². The first kappa shape index (κ1) is 19.3. The van der Waals surface area contributed by atoms with Crippen LogP contribution in [-0.4, -0.2) is 40.3 Å². The Morgan fingerprint density at radius 1 is 1.07 bits per heavy atom. The number of rotatable bonds is 4. The van der Waals surface area contributed by atoms with E-state index >= 15 is 0 Å². The summed E-state index contributed by atoms with van der Waals surface area (Å²) < 4.78 is 32.7. The Hall–Kier alpha value is -2.05. The zero-order valence-electron chi connectivity index (χ0n) is 16.2. The number of aliphatic hydroxyl groups is 1. The molecule has 0 radical (unpaired) electrons. The van der Waals surface area contributed by atoms with Crippen molar-refractivity contribution in [2.75, 3.05) is 13.1 Å². The van der Waals surface area contributed by atoms with Crippen molar-refractivity contribution in [3.63, 3.8) is 0 Å². The molecule has 4 nitrogen and oxygen atoms in total. The monoisotopic (exact) mass is 388 g/mol. The molecule has 2 fully saturated rings. The van der Waals surface area contributed by atoms with E-state index in [0.29, 0.717) is 24.8 Å². The summed E-state index contributed by atoms with van der Waals surface area (Å²) in [6.45, 7) is 6.18. The average Bonchev–Trinajstić information content (AvgIpc) is 3.01. The number of ether oxygens (including phenoxy) is 1. The van der Waals surface area contributed by atoms with Gasteiger partial charge >= 0.3 is 0 Å². The van der Waals surface area contributed by atoms with E-state index < -0.39 is 17.7 Å². The van der Waals surface area contributed by atoms with E-state index in [0.717, 1.165) is 42.2 Å². The second-order valence-electron chi connectivity index (χ2n) is 8.19. The van der Waals surface area contributed by atoms with Crippen molar-refractivity contribution in [1.82, 2.24) is 9.88 Å². The van der Waals surface area contributed by atoms with Gasteiger partial charge in [0, 0.05) is 25.3 Å². The van der Waals surface area contributed by atoms with Gasteiger partial charge < -0.3 is 9.84 Å². The lowest BCUT2D eigenvalue weighted by Gasteiger charge is -2.35. The molecular formula is C22H26F2N2O2. The van der Waals surface area contributed by atoms with Gasteiger partial charge in [-0.25, -0.2) is 8.78 Å². The molecule has 1 aliphatic carbocycles. The Morgan fingerprint density at radius 2 is 1.82 bits per heavy atom. The number of pyridine rings is 1. The second-order valence-corrected chi connectivity index (χ2v) is 8.19. The molecule has 1 aromatic heterocycles. The number of benzene rings is 1. The van der Waals surface area contributed by atoms with Crippen molar-refractivity contribution in [2.45, 2.75) is 45.4 Å². The Bertz CT molecular complexity index is 860. The summed E-state index contributed by atoms with van der Waals surface area (Å²) in [6.07, 6.45) is 0.730. The molecule has 150 valence electrons. The van der Waals surface area contributed by atoms with Crippen molar-refractivity contribution in [3.05, 3.63) is 58.9 Å². The Balaban J connectivity index is 1.39. The molecule has 4 rings (SSSR count). The molecule has 0 amide bonds. The number of aryl methyl sites for hydroxylation is 2. The number of hydrogen-bond acceptors (Lipinski definition) is 4. The van der Waals surface area contributed by atoms with Gasteiger partial charge in [0.15, 0.2) is 11.6 Å². The normalized spacial score (nSPS) is 27.6. The number of aliphatic hydroxyl groups excluding tert-OH is 1. The van der Waals surface area contributed by atoms with Gasteiger partial charge in [0.2, 0.25) is 0 Å². The molecule has 1 N–H and O–H groups in total. The minimum absolute atomic E-state index is 0.243. The van der Waals surface area contributed by atoms with Gasteiger partial charge in [0.25, 0.3) is 0 Å².